The zero-order valence-corrected chi connectivity index (χ0v) is 14.1. The molecule has 0 unspecified atom stereocenters. The smallest absolute Gasteiger partial charge is 0.214 e. The van der Waals surface area contributed by atoms with Gasteiger partial charge in [0.25, 0.3) is 0 Å². The molecule has 2 rings (SSSR count). The third kappa shape index (κ3) is 4.18. The summed E-state index contributed by atoms with van der Waals surface area (Å²) in [6.45, 7) is 9.61. The first-order chi connectivity index (χ1) is 9.29. The molecule has 0 aromatic heterocycles. The van der Waals surface area contributed by atoms with E-state index in [9.17, 15) is 8.42 Å². The summed E-state index contributed by atoms with van der Waals surface area (Å²) in [4.78, 5) is 2.37. The molecule has 0 atom stereocenters. The Morgan fingerprint density at radius 2 is 1.50 bits per heavy atom. The summed E-state index contributed by atoms with van der Waals surface area (Å²) >= 11 is 0. The van der Waals surface area contributed by atoms with E-state index in [0.29, 0.717) is 24.8 Å². The van der Waals surface area contributed by atoms with Crippen LogP contribution in [0.3, 0.4) is 0 Å². The Labute approximate surface area is 124 Å². The van der Waals surface area contributed by atoms with E-state index in [2.05, 4.69) is 25.7 Å². The zero-order valence-electron chi connectivity index (χ0n) is 13.3. The van der Waals surface area contributed by atoms with Crippen molar-refractivity contribution in [1.82, 2.24) is 9.21 Å². The van der Waals surface area contributed by atoms with Crippen LogP contribution in [0.25, 0.3) is 0 Å². The molecule has 0 bridgehead atoms. The second kappa shape index (κ2) is 6.32. The van der Waals surface area contributed by atoms with Crippen LogP contribution in [0.15, 0.2) is 0 Å². The van der Waals surface area contributed by atoms with Crippen molar-refractivity contribution in [3.8, 4) is 0 Å². The minimum Gasteiger partial charge on any atom is -0.296 e. The van der Waals surface area contributed by atoms with Crippen molar-refractivity contribution < 1.29 is 8.42 Å². The van der Waals surface area contributed by atoms with E-state index in [1.165, 1.54) is 19.3 Å². The third-order valence-electron chi connectivity index (χ3n) is 4.75. The van der Waals surface area contributed by atoms with Crippen molar-refractivity contribution in [2.45, 2.75) is 58.4 Å². The maximum Gasteiger partial charge on any atom is 0.214 e. The molecular formula is C15H30N2O2S. The van der Waals surface area contributed by atoms with Crippen LogP contribution in [0.2, 0.25) is 0 Å². The van der Waals surface area contributed by atoms with Gasteiger partial charge in [0.15, 0.2) is 0 Å². The molecule has 0 aromatic rings. The van der Waals surface area contributed by atoms with Crippen molar-refractivity contribution in [1.29, 1.82) is 0 Å². The molecular weight excluding hydrogens is 272 g/mol. The summed E-state index contributed by atoms with van der Waals surface area (Å²) in [7, 11) is -3.05. The lowest BCUT2D eigenvalue weighted by molar-refractivity contribution is 0.0919. The van der Waals surface area contributed by atoms with Gasteiger partial charge in [0.1, 0.15) is 0 Å². The summed E-state index contributed by atoms with van der Waals surface area (Å²) < 4.78 is 26.8. The highest BCUT2D eigenvalue weighted by Crippen LogP contribution is 2.26. The molecule has 0 N–H and O–H groups in total. The molecule has 0 amide bonds. The molecule has 4 nitrogen and oxygen atoms in total. The van der Waals surface area contributed by atoms with Gasteiger partial charge in [-0.05, 0) is 39.5 Å². The fourth-order valence-electron chi connectivity index (χ4n) is 3.39. The lowest BCUT2D eigenvalue weighted by Crippen LogP contribution is -2.55. The first-order valence-electron chi connectivity index (χ1n) is 8.02. The fraction of sp³-hybridized carbons (Fsp3) is 1.00. The summed E-state index contributed by atoms with van der Waals surface area (Å²) in [5.41, 5.74) is 0.138. The Morgan fingerprint density at radius 1 is 0.950 bits per heavy atom. The maximum atomic E-state index is 12.5. The molecule has 0 aromatic carbocycles. The number of nitrogens with zero attached hydrogens (tertiary/aromatic N) is 2. The Balaban J connectivity index is 1.88. The number of hydrogen-bond donors (Lipinski definition) is 0. The van der Waals surface area contributed by atoms with E-state index < -0.39 is 10.0 Å². The minimum absolute atomic E-state index is 0.138. The highest BCUT2D eigenvalue weighted by atomic mass is 32.2. The average molecular weight is 302 g/mol. The highest BCUT2D eigenvalue weighted by molar-refractivity contribution is 7.89. The Morgan fingerprint density at radius 3 is 2.00 bits per heavy atom. The zero-order chi connectivity index (χ0) is 14.8. The van der Waals surface area contributed by atoms with E-state index >= 15 is 0 Å². The predicted molar refractivity (Wildman–Crippen MR) is 83.3 cm³/mol. The summed E-state index contributed by atoms with van der Waals surface area (Å²) in [5, 5.41) is 0. The Hall–Kier alpha value is -0.130. The molecule has 2 aliphatic rings. The van der Waals surface area contributed by atoms with Gasteiger partial charge in [-0.25, -0.2) is 8.42 Å². The van der Waals surface area contributed by atoms with Crippen LogP contribution < -0.4 is 0 Å². The van der Waals surface area contributed by atoms with E-state index in [-0.39, 0.29) is 5.54 Å². The van der Waals surface area contributed by atoms with Crippen molar-refractivity contribution in [2.75, 3.05) is 31.9 Å². The summed E-state index contributed by atoms with van der Waals surface area (Å²) in [6.07, 6.45) is 5.89. The first kappa shape index (κ1) is 16.2. The lowest BCUT2D eigenvalue weighted by Gasteiger charge is -2.42. The number of piperazine rings is 1. The molecule has 1 saturated carbocycles. The Kier molecular flexibility index (Phi) is 5.14. The molecule has 1 aliphatic carbocycles. The first-order valence-corrected chi connectivity index (χ1v) is 9.63. The van der Waals surface area contributed by atoms with Gasteiger partial charge < -0.3 is 0 Å². The van der Waals surface area contributed by atoms with Gasteiger partial charge in [-0.3, -0.25) is 4.90 Å². The fourth-order valence-corrected chi connectivity index (χ4v) is 5.25. The number of sulfonamides is 1. The Bertz CT molecular complexity index is 400. The van der Waals surface area contributed by atoms with Crippen LogP contribution in [-0.4, -0.2) is 55.1 Å². The number of hydrogen-bond acceptors (Lipinski definition) is 3. The normalized spacial score (nSPS) is 24.9. The van der Waals surface area contributed by atoms with Gasteiger partial charge in [-0.2, -0.15) is 4.31 Å². The summed E-state index contributed by atoms with van der Waals surface area (Å²) in [5.74, 6) is 0.775. The van der Waals surface area contributed by atoms with Crippen LogP contribution in [0.4, 0.5) is 0 Å². The van der Waals surface area contributed by atoms with Gasteiger partial charge in [-0.15, -0.1) is 0 Å². The van der Waals surface area contributed by atoms with Gasteiger partial charge in [0.2, 0.25) is 10.0 Å². The highest BCUT2D eigenvalue weighted by Gasteiger charge is 2.32. The molecule has 2 fully saturated rings. The van der Waals surface area contributed by atoms with Gasteiger partial charge >= 0.3 is 0 Å². The SMILES string of the molecule is CC(C)(C)N1CCN(S(=O)(=O)CC2CCCCC2)CC1. The van der Waals surface area contributed by atoms with Gasteiger partial charge in [0.05, 0.1) is 5.75 Å². The molecule has 20 heavy (non-hydrogen) atoms. The maximum absolute atomic E-state index is 12.5. The van der Waals surface area contributed by atoms with Gasteiger partial charge in [0, 0.05) is 31.7 Å². The lowest BCUT2D eigenvalue weighted by atomic mass is 9.91. The topological polar surface area (TPSA) is 40.6 Å². The molecule has 0 radical (unpaired) electrons. The number of rotatable bonds is 3. The van der Waals surface area contributed by atoms with Crippen molar-refractivity contribution in [3.63, 3.8) is 0 Å². The van der Waals surface area contributed by atoms with Crippen molar-refractivity contribution in [3.05, 3.63) is 0 Å². The van der Waals surface area contributed by atoms with Crippen LogP contribution in [0, 0.1) is 5.92 Å². The van der Waals surface area contributed by atoms with Crippen molar-refractivity contribution >= 4 is 10.0 Å². The molecule has 1 aliphatic heterocycles. The average Bonchev–Trinajstić information content (AvgIpc) is 2.38. The van der Waals surface area contributed by atoms with E-state index in [4.69, 9.17) is 0 Å². The molecule has 0 spiro atoms. The van der Waals surface area contributed by atoms with Crippen LogP contribution in [0.1, 0.15) is 52.9 Å². The largest absolute Gasteiger partial charge is 0.296 e. The van der Waals surface area contributed by atoms with Crippen LogP contribution >= 0.6 is 0 Å². The monoisotopic (exact) mass is 302 g/mol. The summed E-state index contributed by atoms with van der Waals surface area (Å²) in [6, 6.07) is 0. The van der Waals surface area contributed by atoms with Crippen LogP contribution in [0.5, 0.6) is 0 Å². The molecule has 1 heterocycles. The molecule has 118 valence electrons. The van der Waals surface area contributed by atoms with E-state index in [1.54, 1.807) is 4.31 Å². The third-order valence-corrected chi connectivity index (χ3v) is 6.80. The molecule has 5 heteroatoms. The second-order valence-electron chi connectivity index (χ2n) is 7.34. The quantitative estimate of drug-likeness (QED) is 0.803. The van der Waals surface area contributed by atoms with E-state index in [1.807, 2.05) is 0 Å². The van der Waals surface area contributed by atoms with Crippen LogP contribution in [-0.2, 0) is 10.0 Å². The van der Waals surface area contributed by atoms with Crippen molar-refractivity contribution in [2.24, 2.45) is 5.92 Å². The second-order valence-corrected chi connectivity index (χ2v) is 9.35. The standard InChI is InChI=1S/C15H30N2O2S/c1-15(2,3)16-9-11-17(12-10-16)20(18,19)13-14-7-5-4-6-8-14/h14H,4-13H2,1-3H3. The van der Waals surface area contributed by atoms with E-state index in [0.717, 1.165) is 25.9 Å². The molecule has 1 saturated heterocycles. The predicted octanol–water partition coefficient (Wildman–Crippen LogP) is 2.31. The minimum atomic E-state index is -3.05. The van der Waals surface area contributed by atoms with Gasteiger partial charge in [-0.1, -0.05) is 19.3 Å².